The van der Waals surface area contributed by atoms with Gasteiger partial charge in [-0.05, 0) is 106 Å². The molecule has 0 saturated carbocycles. The first kappa shape index (κ1) is 22.2. The monoisotopic (exact) mass is 422 g/mol. The van der Waals surface area contributed by atoms with Crippen LogP contribution in [-0.2, 0) is 0 Å². The van der Waals surface area contributed by atoms with Gasteiger partial charge in [0, 0.05) is 5.92 Å². The summed E-state index contributed by atoms with van der Waals surface area (Å²) >= 11 is 0. The summed E-state index contributed by atoms with van der Waals surface area (Å²) in [5, 5.41) is 20.7. The van der Waals surface area contributed by atoms with Gasteiger partial charge in [-0.15, -0.1) is 0 Å². The van der Waals surface area contributed by atoms with E-state index in [0.717, 1.165) is 34.6 Å². The fourth-order valence-corrected chi connectivity index (χ4v) is 6.21. The molecule has 4 rings (SSSR count). The summed E-state index contributed by atoms with van der Waals surface area (Å²) in [4.78, 5) is 0. The van der Waals surface area contributed by atoms with Crippen LogP contribution in [-0.4, -0.2) is 40.9 Å². The van der Waals surface area contributed by atoms with Crippen LogP contribution in [0.15, 0.2) is 24.3 Å². The van der Waals surface area contributed by atoms with Crippen LogP contribution in [0.3, 0.4) is 0 Å². The SMILES string of the molecule is Cc1cc(C(CC2CC[N+]3(CCCCC3)CC2)c2cc(C)c(O)c(C)c2)cc(C)c1O. The zero-order chi connectivity index (χ0) is 22.2. The number of benzene rings is 2. The first-order valence-corrected chi connectivity index (χ1v) is 12.2. The van der Waals surface area contributed by atoms with Gasteiger partial charge < -0.3 is 14.7 Å². The van der Waals surface area contributed by atoms with Crippen molar-refractivity contribution in [3.05, 3.63) is 57.6 Å². The lowest BCUT2D eigenvalue weighted by atomic mass is 9.78. The van der Waals surface area contributed by atoms with Crippen LogP contribution in [0.4, 0.5) is 0 Å². The summed E-state index contributed by atoms with van der Waals surface area (Å²) < 4.78 is 1.37. The van der Waals surface area contributed by atoms with E-state index in [1.807, 2.05) is 27.7 Å². The Bertz CT molecular complexity index is 829. The van der Waals surface area contributed by atoms with Crippen LogP contribution in [0.25, 0.3) is 0 Å². The third-order valence-corrected chi connectivity index (χ3v) is 8.19. The molecule has 0 bridgehead atoms. The van der Waals surface area contributed by atoms with Crippen LogP contribution in [0.2, 0.25) is 0 Å². The molecule has 0 amide bonds. The lowest BCUT2D eigenvalue weighted by Gasteiger charge is -2.46. The molecule has 2 saturated heterocycles. The number of aromatic hydroxyl groups is 2. The molecular weight excluding hydrogens is 382 g/mol. The third kappa shape index (κ3) is 4.62. The summed E-state index contributed by atoms with van der Waals surface area (Å²) in [5.41, 5.74) is 6.40. The van der Waals surface area contributed by atoms with Gasteiger partial charge in [0.1, 0.15) is 11.5 Å². The highest BCUT2D eigenvalue weighted by molar-refractivity contribution is 5.49. The van der Waals surface area contributed by atoms with Crippen molar-refractivity contribution in [2.75, 3.05) is 26.2 Å². The number of hydrogen-bond acceptors (Lipinski definition) is 2. The highest BCUT2D eigenvalue weighted by Gasteiger charge is 2.36. The quantitative estimate of drug-likeness (QED) is 0.571. The second-order valence-electron chi connectivity index (χ2n) is 10.5. The lowest BCUT2D eigenvalue weighted by molar-refractivity contribution is -0.937. The minimum Gasteiger partial charge on any atom is -0.507 e. The van der Waals surface area contributed by atoms with E-state index in [0.29, 0.717) is 17.4 Å². The van der Waals surface area contributed by atoms with Crippen LogP contribution in [0, 0.1) is 33.6 Å². The molecule has 3 nitrogen and oxygen atoms in total. The Morgan fingerprint density at radius 1 is 0.710 bits per heavy atom. The molecule has 2 aliphatic heterocycles. The van der Waals surface area contributed by atoms with E-state index in [9.17, 15) is 10.2 Å². The van der Waals surface area contributed by atoms with E-state index in [-0.39, 0.29) is 0 Å². The zero-order valence-corrected chi connectivity index (χ0v) is 19.9. The second-order valence-corrected chi connectivity index (χ2v) is 10.5. The van der Waals surface area contributed by atoms with E-state index in [1.54, 1.807) is 0 Å². The predicted molar refractivity (Wildman–Crippen MR) is 128 cm³/mol. The van der Waals surface area contributed by atoms with E-state index in [2.05, 4.69) is 24.3 Å². The molecular formula is C28H40NO2+. The maximum absolute atomic E-state index is 10.3. The number of quaternary nitrogens is 1. The van der Waals surface area contributed by atoms with Crippen molar-refractivity contribution < 1.29 is 14.7 Å². The summed E-state index contributed by atoms with van der Waals surface area (Å²) in [7, 11) is 0. The highest BCUT2D eigenvalue weighted by Crippen LogP contribution is 2.40. The van der Waals surface area contributed by atoms with Crippen molar-refractivity contribution in [1.29, 1.82) is 0 Å². The van der Waals surface area contributed by atoms with Gasteiger partial charge in [0.25, 0.3) is 0 Å². The van der Waals surface area contributed by atoms with Crippen molar-refractivity contribution in [3.8, 4) is 11.5 Å². The maximum atomic E-state index is 10.3. The molecule has 0 atom stereocenters. The number of nitrogens with zero attached hydrogens (tertiary/aromatic N) is 1. The molecule has 2 fully saturated rings. The predicted octanol–water partition coefficient (Wildman–Crippen LogP) is 6.26. The minimum absolute atomic E-state index is 0.300. The molecule has 2 aromatic rings. The zero-order valence-electron chi connectivity index (χ0n) is 19.9. The second kappa shape index (κ2) is 8.86. The Morgan fingerprint density at radius 2 is 1.13 bits per heavy atom. The molecule has 1 spiro atoms. The molecule has 0 unspecified atom stereocenters. The number of phenolic OH excluding ortho intramolecular Hbond substituents is 2. The molecule has 31 heavy (non-hydrogen) atoms. The maximum Gasteiger partial charge on any atom is 0.121 e. The Balaban J connectivity index is 1.62. The summed E-state index contributed by atoms with van der Waals surface area (Å²) in [6.45, 7) is 13.5. The Labute approximate surface area is 188 Å². The molecule has 0 aliphatic carbocycles. The van der Waals surface area contributed by atoms with Crippen molar-refractivity contribution in [2.24, 2.45) is 5.92 Å². The topological polar surface area (TPSA) is 40.5 Å². The first-order chi connectivity index (χ1) is 14.8. The van der Waals surface area contributed by atoms with Crippen LogP contribution in [0.1, 0.15) is 77.8 Å². The smallest absolute Gasteiger partial charge is 0.121 e. The molecule has 2 N–H and O–H groups in total. The lowest BCUT2D eigenvalue weighted by Crippen LogP contribution is -2.55. The van der Waals surface area contributed by atoms with Gasteiger partial charge in [0.05, 0.1) is 26.2 Å². The number of rotatable bonds is 4. The average Bonchev–Trinajstić information content (AvgIpc) is 2.75. The van der Waals surface area contributed by atoms with Crippen molar-refractivity contribution >= 4 is 0 Å². The van der Waals surface area contributed by atoms with Crippen LogP contribution in [0.5, 0.6) is 11.5 Å². The Hall–Kier alpha value is -2.00. The van der Waals surface area contributed by atoms with Crippen molar-refractivity contribution in [2.45, 2.75) is 72.1 Å². The normalized spacial score (nSPS) is 19.3. The molecule has 2 aromatic carbocycles. The fourth-order valence-electron chi connectivity index (χ4n) is 6.21. The number of phenols is 2. The third-order valence-electron chi connectivity index (χ3n) is 8.19. The van der Waals surface area contributed by atoms with Gasteiger partial charge in [-0.2, -0.15) is 0 Å². The standard InChI is InChI=1S/C28H39NO2/c1-19-14-24(15-20(2)27(19)30)26(25-16-21(3)28(31)22(4)17-25)18-23-8-12-29(13-9-23)10-6-5-7-11-29/h14-17,23,26H,5-13,18H2,1-4H3,(H-,30,31)/p+1. The molecule has 0 aromatic heterocycles. The van der Waals surface area contributed by atoms with E-state index in [1.165, 1.54) is 73.9 Å². The van der Waals surface area contributed by atoms with Crippen molar-refractivity contribution in [1.82, 2.24) is 0 Å². The summed E-state index contributed by atoms with van der Waals surface area (Å²) in [5.74, 6) is 1.86. The van der Waals surface area contributed by atoms with Gasteiger partial charge in [-0.1, -0.05) is 24.3 Å². The number of hydrogen-bond donors (Lipinski definition) is 2. The van der Waals surface area contributed by atoms with Crippen molar-refractivity contribution in [3.63, 3.8) is 0 Å². The van der Waals surface area contributed by atoms with E-state index in [4.69, 9.17) is 0 Å². The molecule has 0 radical (unpaired) electrons. The summed E-state index contributed by atoms with van der Waals surface area (Å²) in [6, 6.07) is 8.69. The van der Waals surface area contributed by atoms with Gasteiger partial charge in [0.2, 0.25) is 0 Å². The molecule has 2 aliphatic rings. The van der Waals surface area contributed by atoms with Crippen LogP contribution >= 0.6 is 0 Å². The summed E-state index contributed by atoms with van der Waals surface area (Å²) in [6.07, 6.45) is 8.03. The van der Waals surface area contributed by atoms with Crippen LogP contribution < -0.4 is 0 Å². The molecule has 168 valence electrons. The van der Waals surface area contributed by atoms with Gasteiger partial charge in [-0.3, -0.25) is 0 Å². The number of aryl methyl sites for hydroxylation is 4. The van der Waals surface area contributed by atoms with E-state index < -0.39 is 0 Å². The fraction of sp³-hybridized carbons (Fsp3) is 0.571. The molecule has 2 heterocycles. The minimum atomic E-state index is 0.300. The number of piperidine rings is 2. The first-order valence-electron chi connectivity index (χ1n) is 12.2. The van der Waals surface area contributed by atoms with E-state index >= 15 is 0 Å². The highest BCUT2D eigenvalue weighted by atomic mass is 16.3. The van der Waals surface area contributed by atoms with Gasteiger partial charge >= 0.3 is 0 Å². The Kier molecular flexibility index (Phi) is 6.35. The largest absolute Gasteiger partial charge is 0.507 e. The Morgan fingerprint density at radius 3 is 1.55 bits per heavy atom. The van der Waals surface area contributed by atoms with Gasteiger partial charge in [-0.25, -0.2) is 0 Å². The average molecular weight is 423 g/mol. The van der Waals surface area contributed by atoms with Gasteiger partial charge in [0.15, 0.2) is 0 Å². The molecule has 3 heteroatoms.